The second kappa shape index (κ2) is 10.3. The first-order valence-electron chi connectivity index (χ1n) is 11.2. The number of rotatable bonds is 11. The van der Waals surface area contributed by atoms with Crippen LogP contribution in [-0.4, -0.2) is 54.0 Å². The molecule has 0 bridgehead atoms. The SMILES string of the molecule is CCOc1cc2c(c(F)c1OCC)C(=N)N(CC(=O)c1ccc(OCC(=O)O)c(C(C)(C)N)c1)C2. The number of carboxylic acids is 1. The van der Waals surface area contributed by atoms with Crippen LogP contribution in [0.2, 0.25) is 0 Å². The molecule has 2 aromatic carbocycles. The average molecular weight is 488 g/mol. The van der Waals surface area contributed by atoms with Crippen LogP contribution >= 0.6 is 0 Å². The Morgan fingerprint density at radius 1 is 1.14 bits per heavy atom. The van der Waals surface area contributed by atoms with Crippen LogP contribution in [0.5, 0.6) is 17.2 Å². The summed E-state index contributed by atoms with van der Waals surface area (Å²) >= 11 is 0. The summed E-state index contributed by atoms with van der Waals surface area (Å²) in [7, 11) is 0. The van der Waals surface area contributed by atoms with Crippen molar-refractivity contribution < 1.29 is 33.3 Å². The summed E-state index contributed by atoms with van der Waals surface area (Å²) in [6.07, 6.45) is 0. The van der Waals surface area contributed by atoms with Gasteiger partial charge in [0.15, 0.2) is 29.7 Å². The predicted octanol–water partition coefficient (Wildman–Crippen LogP) is 3.30. The molecular formula is C25H30FN3O6. The van der Waals surface area contributed by atoms with Gasteiger partial charge in [-0.15, -0.1) is 0 Å². The Labute approximate surface area is 203 Å². The number of ether oxygens (including phenoxy) is 3. The third-order valence-electron chi connectivity index (χ3n) is 5.45. The maximum absolute atomic E-state index is 15.3. The molecule has 0 amide bonds. The highest BCUT2D eigenvalue weighted by Crippen LogP contribution is 2.39. The van der Waals surface area contributed by atoms with Gasteiger partial charge in [-0.2, -0.15) is 0 Å². The average Bonchev–Trinajstić information content (AvgIpc) is 3.09. The summed E-state index contributed by atoms with van der Waals surface area (Å²) < 4.78 is 31.5. The van der Waals surface area contributed by atoms with Crippen molar-refractivity contribution in [2.75, 3.05) is 26.4 Å². The lowest BCUT2D eigenvalue weighted by Crippen LogP contribution is -2.32. The Hall–Kier alpha value is -3.66. The van der Waals surface area contributed by atoms with Gasteiger partial charge >= 0.3 is 5.97 Å². The molecule has 2 aromatic rings. The van der Waals surface area contributed by atoms with Crippen molar-refractivity contribution >= 4 is 17.6 Å². The Kier molecular flexibility index (Phi) is 7.64. The number of fused-ring (bicyclic) bond motifs is 1. The molecule has 188 valence electrons. The topological polar surface area (TPSA) is 135 Å². The molecule has 1 aliphatic heterocycles. The van der Waals surface area contributed by atoms with E-state index >= 15 is 4.39 Å². The fraction of sp³-hybridized carbons (Fsp3) is 0.400. The number of carbonyl (C=O) groups is 2. The van der Waals surface area contributed by atoms with E-state index in [0.717, 1.165) is 0 Å². The fourth-order valence-electron chi connectivity index (χ4n) is 3.90. The zero-order valence-corrected chi connectivity index (χ0v) is 20.2. The number of carbonyl (C=O) groups excluding carboxylic acids is 1. The molecule has 35 heavy (non-hydrogen) atoms. The van der Waals surface area contributed by atoms with Crippen molar-refractivity contribution in [3.63, 3.8) is 0 Å². The second-order valence-corrected chi connectivity index (χ2v) is 8.66. The van der Waals surface area contributed by atoms with Gasteiger partial charge in [0.25, 0.3) is 0 Å². The zero-order chi connectivity index (χ0) is 25.9. The van der Waals surface area contributed by atoms with Gasteiger partial charge in [-0.1, -0.05) is 0 Å². The number of nitrogens with zero attached hydrogens (tertiary/aromatic N) is 1. The molecule has 3 rings (SSSR count). The van der Waals surface area contributed by atoms with E-state index in [0.29, 0.717) is 23.3 Å². The lowest BCUT2D eigenvalue weighted by molar-refractivity contribution is -0.139. The van der Waals surface area contributed by atoms with Gasteiger partial charge in [-0.25, -0.2) is 9.18 Å². The third kappa shape index (κ3) is 5.54. The maximum Gasteiger partial charge on any atom is 0.341 e. The lowest BCUT2D eigenvalue weighted by Gasteiger charge is -2.24. The number of nitrogens with two attached hydrogens (primary N) is 1. The molecule has 0 aliphatic carbocycles. The third-order valence-corrected chi connectivity index (χ3v) is 5.45. The molecule has 0 spiro atoms. The number of benzene rings is 2. The molecular weight excluding hydrogens is 457 g/mol. The van der Waals surface area contributed by atoms with Gasteiger partial charge < -0.3 is 30.0 Å². The van der Waals surface area contributed by atoms with Crippen molar-refractivity contribution in [3.05, 3.63) is 52.3 Å². The molecule has 1 aliphatic rings. The molecule has 0 saturated carbocycles. The first-order valence-corrected chi connectivity index (χ1v) is 11.2. The van der Waals surface area contributed by atoms with Crippen LogP contribution in [0.15, 0.2) is 24.3 Å². The van der Waals surface area contributed by atoms with E-state index in [9.17, 15) is 9.59 Å². The van der Waals surface area contributed by atoms with Crippen LogP contribution in [-0.2, 0) is 16.9 Å². The molecule has 0 atom stereocenters. The monoisotopic (exact) mass is 487 g/mol. The molecule has 0 unspecified atom stereocenters. The van der Waals surface area contributed by atoms with Crippen LogP contribution in [0.1, 0.15) is 54.7 Å². The van der Waals surface area contributed by atoms with Crippen molar-refractivity contribution in [2.24, 2.45) is 5.73 Å². The molecule has 0 aromatic heterocycles. The van der Waals surface area contributed by atoms with Crippen molar-refractivity contribution in [3.8, 4) is 17.2 Å². The van der Waals surface area contributed by atoms with Gasteiger partial charge in [0, 0.05) is 23.2 Å². The highest BCUT2D eigenvalue weighted by molar-refractivity contribution is 6.06. The van der Waals surface area contributed by atoms with E-state index in [1.54, 1.807) is 39.8 Å². The molecule has 0 saturated heterocycles. The van der Waals surface area contributed by atoms with E-state index in [1.165, 1.54) is 17.0 Å². The molecule has 0 fully saturated rings. The summed E-state index contributed by atoms with van der Waals surface area (Å²) in [6.45, 7) is 6.95. The predicted molar refractivity (Wildman–Crippen MR) is 127 cm³/mol. The first-order chi connectivity index (χ1) is 16.5. The number of aliphatic carboxylic acids is 1. The zero-order valence-electron chi connectivity index (χ0n) is 20.2. The van der Waals surface area contributed by atoms with Crippen molar-refractivity contribution in [1.29, 1.82) is 5.41 Å². The van der Waals surface area contributed by atoms with Gasteiger partial charge in [-0.05, 0) is 57.5 Å². The van der Waals surface area contributed by atoms with Gasteiger partial charge in [-0.3, -0.25) is 10.2 Å². The Balaban J connectivity index is 1.86. The number of hydrogen-bond acceptors (Lipinski definition) is 7. The van der Waals surface area contributed by atoms with E-state index in [-0.39, 0.29) is 54.1 Å². The molecule has 10 heteroatoms. The van der Waals surface area contributed by atoms with Crippen LogP contribution in [0.25, 0.3) is 0 Å². The fourth-order valence-corrected chi connectivity index (χ4v) is 3.90. The van der Waals surface area contributed by atoms with Crippen LogP contribution in [0.4, 0.5) is 4.39 Å². The second-order valence-electron chi connectivity index (χ2n) is 8.66. The minimum Gasteiger partial charge on any atom is -0.490 e. The van der Waals surface area contributed by atoms with Crippen LogP contribution < -0.4 is 19.9 Å². The number of carboxylic acid groups (broad SMARTS) is 1. The smallest absolute Gasteiger partial charge is 0.341 e. The van der Waals surface area contributed by atoms with Crippen molar-refractivity contribution in [2.45, 2.75) is 39.8 Å². The largest absolute Gasteiger partial charge is 0.490 e. The molecule has 1 heterocycles. The Bertz CT molecular complexity index is 1160. The Morgan fingerprint density at radius 2 is 1.83 bits per heavy atom. The standard InChI is InChI=1S/C25H30FN3O6/c1-5-33-19-10-15-11-29(24(27)21(15)22(26)23(19)34-6-2)12-17(30)14-7-8-18(35-13-20(31)32)16(9-14)25(3,4)28/h7-10,27H,5-6,11-13,28H2,1-4H3,(H,31,32). The summed E-state index contributed by atoms with van der Waals surface area (Å²) in [5.41, 5.74) is 6.72. The van der Waals surface area contributed by atoms with E-state index in [2.05, 4.69) is 0 Å². The summed E-state index contributed by atoms with van der Waals surface area (Å²) in [4.78, 5) is 25.5. The van der Waals surface area contributed by atoms with Crippen molar-refractivity contribution in [1.82, 2.24) is 4.90 Å². The summed E-state index contributed by atoms with van der Waals surface area (Å²) in [5.74, 6) is -1.75. The lowest BCUT2D eigenvalue weighted by atomic mass is 9.92. The van der Waals surface area contributed by atoms with Crippen LogP contribution in [0, 0.1) is 11.2 Å². The molecule has 0 radical (unpaired) electrons. The van der Waals surface area contributed by atoms with Gasteiger partial charge in [0.05, 0.1) is 25.3 Å². The summed E-state index contributed by atoms with van der Waals surface area (Å²) in [6, 6.07) is 6.23. The van der Waals surface area contributed by atoms with Gasteiger partial charge in [0.1, 0.15) is 11.6 Å². The van der Waals surface area contributed by atoms with E-state index in [4.69, 9.17) is 30.5 Å². The summed E-state index contributed by atoms with van der Waals surface area (Å²) in [5, 5.41) is 17.4. The minimum atomic E-state index is -1.13. The molecule has 9 nitrogen and oxygen atoms in total. The normalized spacial score (nSPS) is 13.0. The number of amidine groups is 1. The van der Waals surface area contributed by atoms with E-state index in [1.807, 2.05) is 0 Å². The number of ketones is 1. The first kappa shape index (κ1) is 26.0. The quantitative estimate of drug-likeness (QED) is 0.411. The van der Waals surface area contributed by atoms with E-state index < -0.39 is 23.9 Å². The number of nitrogens with one attached hydrogen (secondary N) is 1. The van der Waals surface area contributed by atoms with Gasteiger partial charge in [0.2, 0.25) is 0 Å². The number of hydrogen-bond donors (Lipinski definition) is 3. The van der Waals surface area contributed by atoms with Crippen LogP contribution in [0.3, 0.4) is 0 Å². The number of Topliss-reactive ketones (excluding diaryl/α,β-unsaturated/α-hetero) is 1. The highest BCUT2D eigenvalue weighted by Gasteiger charge is 2.33. The highest BCUT2D eigenvalue weighted by atomic mass is 19.1. The molecule has 4 N–H and O–H groups in total. The number of halogens is 1. The minimum absolute atomic E-state index is 0.0437. The maximum atomic E-state index is 15.3. The Morgan fingerprint density at radius 3 is 2.43 bits per heavy atom.